The van der Waals surface area contributed by atoms with Crippen LogP contribution in [0.25, 0.3) is 22.2 Å². The maximum Gasteiger partial charge on any atom is 0.328 e. The molecule has 3 rings (SSSR count). The molecule has 0 amide bonds. The van der Waals surface area contributed by atoms with Gasteiger partial charge in [-0.1, -0.05) is 5.16 Å². The van der Waals surface area contributed by atoms with Crippen molar-refractivity contribution in [3.8, 4) is 17.0 Å². The summed E-state index contributed by atoms with van der Waals surface area (Å²) in [6, 6.07) is 5.32. The molecule has 0 aliphatic carbocycles. The highest BCUT2D eigenvalue weighted by Crippen LogP contribution is 2.22. The van der Waals surface area contributed by atoms with Crippen molar-refractivity contribution in [2.45, 2.75) is 13.0 Å². The lowest BCUT2D eigenvalue weighted by Gasteiger charge is -2.07. The molecule has 0 unspecified atom stereocenters. The van der Waals surface area contributed by atoms with Gasteiger partial charge in [0.1, 0.15) is 35.6 Å². The van der Waals surface area contributed by atoms with Crippen LogP contribution in [0.2, 0.25) is 0 Å². The van der Waals surface area contributed by atoms with Crippen molar-refractivity contribution in [3.63, 3.8) is 0 Å². The molecule has 0 aliphatic heterocycles. The number of esters is 1. The second-order valence-corrected chi connectivity index (χ2v) is 4.73. The third kappa shape index (κ3) is 2.49. The largest absolute Gasteiger partial charge is 0.463 e. The van der Waals surface area contributed by atoms with Crippen molar-refractivity contribution < 1.29 is 18.5 Å². The van der Waals surface area contributed by atoms with Gasteiger partial charge in [-0.25, -0.2) is 4.79 Å². The Morgan fingerprint density at radius 2 is 2.18 bits per heavy atom. The Balaban J connectivity index is 2.03. The van der Waals surface area contributed by atoms with E-state index in [1.54, 1.807) is 6.07 Å². The molecule has 22 heavy (non-hydrogen) atoms. The quantitative estimate of drug-likeness (QED) is 0.579. The van der Waals surface area contributed by atoms with Crippen LogP contribution in [-0.4, -0.2) is 17.2 Å². The number of hydrogen-bond donors (Lipinski definition) is 1. The first-order valence-corrected chi connectivity index (χ1v) is 6.50. The van der Waals surface area contributed by atoms with E-state index in [9.17, 15) is 9.59 Å². The molecule has 0 saturated carbocycles. The summed E-state index contributed by atoms with van der Waals surface area (Å²) in [5.41, 5.74) is 6.16. The predicted molar refractivity (Wildman–Crippen MR) is 77.3 cm³/mol. The molecule has 7 nitrogen and oxygen atoms in total. The Bertz CT molecular complexity index is 881. The number of benzene rings is 1. The van der Waals surface area contributed by atoms with Crippen molar-refractivity contribution in [1.29, 1.82) is 0 Å². The summed E-state index contributed by atoms with van der Waals surface area (Å²) in [5, 5.41) is 4.06. The van der Waals surface area contributed by atoms with Crippen LogP contribution in [0.4, 0.5) is 0 Å². The van der Waals surface area contributed by atoms with Gasteiger partial charge < -0.3 is 19.4 Å². The maximum absolute atomic E-state index is 12.4. The molecule has 1 atom stereocenters. The average molecular weight is 300 g/mol. The highest BCUT2D eigenvalue weighted by atomic mass is 16.5. The minimum Gasteiger partial charge on any atom is -0.463 e. The van der Waals surface area contributed by atoms with E-state index in [1.165, 1.54) is 37.6 Å². The molecular formula is C15H12N2O5. The Labute approximate surface area is 124 Å². The molecule has 2 N–H and O–H groups in total. The van der Waals surface area contributed by atoms with E-state index in [1.807, 2.05) is 0 Å². The van der Waals surface area contributed by atoms with E-state index in [0.29, 0.717) is 22.2 Å². The van der Waals surface area contributed by atoms with Crippen LogP contribution in [0.1, 0.15) is 6.92 Å². The van der Waals surface area contributed by atoms with E-state index in [4.69, 9.17) is 19.4 Å². The van der Waals surface area contributed by atoms with Crippen molar-refractivity contribution in [3.05, 3.63) is 47.0 Å². The Hall–Kier alpha value is -2.93. The van der Waals surface area contributed by atoms with Gasteiger partial charge in [0, 0.05) is 12.1 Å². The summed E-state index contributed by atoms with van der Waals surface area (Å²) in [4.78, 5) is 23.9. The summed E-state index contributed by atoms with van der Waals surface area (Å²) in [7, 11) is 0. The number of nitrogens with two attached hydrogens (primary N) is 1. The van der Waals surface area contributed by atoms with Gasteiger partial charge in [-0.15, -0.1) is 0 Å². The smallest absolute Gasteiger partial charge is 0.328 e. The topological polar surface area (TPSA) is 109 Å². The van der Waals surface area contributed by atoms with Gasteiger partial charge in [0.2, 0.25) is 5.43 Å². The van der Waals surface area contributed by atoms with Gasteiger partial charge in [-0.3, -0.25) is 4.79 Å². The van der Waals surface area contributed by atoms with Gasteiger partial charge in [0.15, 0.2) is 0 Å². The monoisotopic (exact) mass is 300 g/mol. The lowest BCUT2D eigenvalue weighted by Crippen LogP contribution is -2.30. The van der Waals surface area contributed by atoms with Crippen molar-refractivity contribution >= 4 is 16.9 Å². The third-order valence-electron chi connectivity index (χ3n) is 3.05. The number of nitrogens with zero attached hydrogens (tertiary/aromatic N) is 1. The summed E-state index contributed by atoms with van der Waals surface area (Å²) in [6.45, 7) is 1.52. The van der Waals surface area contributed by atoms with Gasteiger partial charge in [0.25, 0.3) is 0 Å². The lowest BCUT2D eigenvalue weighted by atomic mass is 10.1. The zero-order chi connectivity index (χ0) is 15.7. The number of rotatable bonds is 3. The normalized spacial score (nSPS) is 12.3. The zero-order valence-corrected chi connectivity index (χ0v) is 11.6. The van der Waals surface area contributed by atoms with Gasteiger partial charge in [-0.05, 0) is 19.1 Å². The number of ether oxygens (including phenoxy) is 1. The molecular weight excluding hydrogens is 288 g/mol. The third-order valence-corrected chi connectivity index (χ3v) is 3.05. The fraction of sp³-hybridized carbons (Fsp3) is 0.133. The minimum atomic E-state index is -0.739. The minimum absolute atomic E-state index is 0.250. The molecule has 0 fully saturated rings. The highest BCUT2D eigenvalue weighted by Gasteiger charge is 2.14. The molecule has 0 aliphatic rings. The standard InChI is InChI=1S/C15H12N2O5/c1-8(16)15(19)22-9-2-3-10-13(6-9)20-7-11(14(10)18)12-4-5-21-17-12/h2-8H,16H2,1H3/t8-/m0/s1. The molecule has 2 heterocycles. The molecule has 3 aromatic rings. The van der Waals surface area contributed by atoms with Crippen LogP contribution >= 0.6 is 0 Å². The number of aromatic nitrogens is 1. The Kier molecular flexibility index (Phi) is 3.48. The summed E-state index contributed by atoms with van der Waals surface area (Å²) in [6.07, 6.45) is 2.66. The van der Waals surface area contributed by atoms with Crippen LogP contribution in [0.5, 0.6) is 5.75 Å². The number of carbonyl (C=O) groups is 1. The van der Waals surface area contributed by atoms with Gasteiger partial charge in [0.05, 0.1) is 10.9 Å². The van der Waals surface area contributed by atoms with Crippen LogP contribution in [0, 0.1) is 0 Å². The molecule has 0 bridgehead atoms. The number of hydrogen-bond acceptors (Lipinski definition) is 7. The van der Waals surface area contributed by atoms with Crippen LogP contribution in [0.15, 0.2) is 50.5 Å². The van der Waals surface area contributed by atoms with Gasteiger partial charge >= 0.3 is 5.97 Å². The number of carbonyl (C=O) groups excluding carboxylic acids is 1. The predicted octanol–water partition coefficient (Wildman–Crippen LogP) is 1.70. The maximum atomic E-state index is 12.4. The summed E-state index contributed by atoms with van der Waals surface area (Å²) in [5.74, 6) is -0.312. The van der Waals surface area contributed by atoms with E-state index < -0.39 is 12.0 Å². The molecule has 112 valence electrons. The van der Waals surface area contributed by atoms with E-state index in [-0.39, 0.29) is 11.2 Å². The van der Waals surface area contributed by atoms with E-state index in [0.717, 1.165) is 0 Å². The Morgan fingerprint density at radius 1 is 1.36 bits per heavy atom. The van der Waals surface area contributed by atoms with Gasteiger partial charge in [-0.2, -0.15) is 0 Å². The first-order chi connectivity index (χ1) is 10.6. The summed E-state index contributed by atoms with van der Waals surface area (Å²) >= 11 is 0. The second-order valence-electron chi connectivity index (χ2n) is 4.73. The van der Waals surface area contributed by atoms with E-state index in [2.05, 4.69) is 5.16 Å². The highest BCUT2D eigenvalue weighted by molar-refractivity contribution is 5.83. The van der Waals surface area contributed by atoms with Crippen molar-refractivity contribution in [2.75, 3.05) is 0 Å². The molecule has 0 radical (unpaired) electrons. The molecule has 0 saturated heterocycles. The van der Waals surface area contributed by atoms with Crippen LogP contribution in [-0.2, 0) is 4.79 Å². The fourth-order valence-electron chi connectivity index (χ4n) is 1.91. The first kappa shape index (κ1) is 14.0. The zero-order valence-electron chi connectivity index (χ0n) is 11.6. The SMILES string of the molecule is C[C@H](N)C(=O)Oc1ccc2c(=O)c(-c3ccon3)coc2c1. The summed E-state index contributed by atoms with van der Waals surface area (Å²) < 4.78 is 15.2. The molecule has 2 aromatic heterocycles. The molecule has 0 spiro atoms. The van der Waals surface area contributed by atoms with Crippen LogP contribution in [0.3, 0.4) is 0 Å². The number of fused-ring (bicyclic) bond motifs is 1. The van der Waals surface area contributed by atoms with Crippen molar-refractivity contribution in [2.24, 2.45) is 5.73 Å². The molecule has 1 aromatic carbocycles. The first-order valence-electron chi connectivity index (χ1n) is 6.50. The second kappa shape index (κ2) is 5.45. The van der Waals surface area contributed by atoms with E-state index >= 15 is 0 Å². The lowest BCUT2D eigenvalue weighted by molar-refractivity contribution is -0.135. The fourth-order valence-corrected chi connectivity index (χ4v) is 1.91. The molecule has 7 heteroatoms. The van der Waals surface area contributed by atoms with Crippen LogP contribution < -0.4 is 15.9 Å². The van der Waals surface area contributed by atoms with Crippen molar-refractivity contribution in [1.82, 2.24) is 5.16 Å². The average Bonchev–Trinajstić information content (AvgIpc) is 3.01. The Morgan fingerprint density at radius 3 is 2.86 bits per heavy atom.